The molecule has 0 spiro atoms. The molecule has 0 amide bonds. The molecule has 2 heteroatoms. The van der Waals surface area contributed by atoms with Gasteiger partial charge in [0.2, 0.25) is 0 Å². The Morgan fingerprint density at radius 3 is 1.52 bits per heavy atom. The third-order valence-corrected chi connectivity index (χ3v) is 2.13. The average molecular weight is 297 g/mol. The Bertz CT molecular complexity index is 327. The zero-order valence-electron chi connectivity index (χ0n) is 16.4. The number of rotatable bonds is 1. The molecule has 1 saturated carbocycles. The van der Waals surface area contributed by atoms with Crippen molar-refractivity contribution in [1.29, 1.82) is 0 Å². The van der Waals surface area contributed by atoms with Gasteiger partial charge in [-0.3, -0.25) is 0 Å². The fourth-order valence-electron chi connectivity index (χ4n) is 1.05. The van der Waals surface area contributed by atoms with Crippen LogP contribution in [0.4, 0.5) is 0 Å². The molecule has 0 N–H and O–H groups in total. The predicted molar refractivity (Wildman–Crippen MR) is 99.1 cm³/mol. The molecule has 1 aliphatic rings. The second-order valence-electron chi connectivity index (χ2n) is 5.24. The van der Waals surface area contributed by atoms with E-state index in [9.17, 15) is 0 Å². The van der Waals surface area contributed by atoms with Gasteiger partial charge in [-0.1, -0.05) is 66.4 Å². The topological polar surface area (TPSA) is 17.8 Å². The fourth-order valence-corrected chi connectivity index (χ4v) is 1.05. The van der Waals surface area contributed by atoms with Crippen LogP contribution in [0.25, 0.3) is 0 Å². The summed E-state index contributed by atoms with van der Waals surface area (Å²) in [6.07, 6.45) is 6.41. The van der Waals surface area contributed by atoms with Gasteiger partial charge in [0, 0.05) is 24.9 Å². The lowest BCUT2D eigenvalue weighted by Crippen LogP contribution is -2.00. The molecule has 21 heavy (non-hydrogen) atoms. The molecular formula is C19H40N2. The highest BCUT2D eigenvalue weighted by Crippen LogP contribution is 2.15. The molecule has 1 aromatic heterocycles. The highest BCUT2D eigenvalue weighted by Gasteiger charge is 2.05. The Morgan fingerprint density at radius 2 is 1.43 bits per heavy atom. The fraction of sp³-hybridized carbons (Fsp3) is 0.737. The maximum absolute atomic E-state index is 4.28. The van der Waals surface area contributed by atoms with Crippen LogP contribution in [0.3, 0.4) is 0 Å². The standard InChI is InChI=1S/C8H14N2.C4H8.C3H6.2C2H6/c1-6(2)8-9-5-7(3)10(8)4;1-4(2)3;1-2-3-1;2*1-2/h5-6H,1-4H3;1H2,2-3H3;1-3H2;2*1-2H3. The van der Waals surface area contributed by atoms with Gasteiger partial charge in [0.25, 0.3) is 0 Å². The first-order valence-corrected chi connectivity index (χ1v) is 8.46. The zero-order valence-corrected chi connectivity index (χ0v) is 16.4. The van der Waals surface area contributed by atoms with Crippen molar-refractivity contribution in [3.63, 3.8) is 0 Å². The second-order valence-corrected chi connectivity index (χ2v) is 5.24. The van der Waals surface area contributed by atoms with Gasteiger partial charge in [-0.2, -0.15) is 0 Å². The van der Waals surface area contributed by atoms with Gasteiger partial charge in [-0.05, 0) is 20.8 Å². The van der Waals surface area contributed by atoms with Crippen LogP contribution in [-0.2, 0) is 7.05 Å². The largest absolute Gasteiger partial charge is 0.335 e. The van der Waals surface area contributed by atoms with Crippen LogP contribution in [0.5, 0.6) is 0 Å². The maximum Gasteiger partial charge on any atom is 0.111 e. The lowest BCUT2D eigenvalue weighted by atomic mass is 10.2. The number of hydrogen-bond acceptors (Lipinski definition) is 1. The predicted octanol–water partition coefficient (Wildman–Crippen LogP) is 6.66. The van der Waals surface area contributed by atoms with Crippen molar-refractivity contribution in [2.45, 2.75) is 87.5 Å². The quantitative estimate of drug-likeness (QED) is 0.530. The summed E-state index contributed by atoms with van der Waals surface area (Å²) in [5.74, 6) is 1.69. The van der Waals surface area contributed by atoms with Crippen LogP contribution >= 0.6 is 0 Å². The van der Waals surface area contributed by atoms with Crippen LogP contribution in [0.15, 0.2) is 18.3 Å². The summed E-state index contributed by atoms with van der Waals surface area (Å²) in [4.78, 5) is 4.28. The third-order valence-electron chi connectivity index (χ3n) is 2.13. The Morgan fingerprint density at radius 1 is 1.10 bits per heavy atom. The molecule has 1 aromatic rings. The van der Waals surface area contributed by atoms with Gasteiger partial charge in [-0.15, -0.1) is 6.58 Å². The lowest BCUT2D eigenvalue weighted by molar-refractivity contribution is 0.700. The van der Waals surface area contributed by atoms with Gasteiger partial charge in [0.05, 0.1) is 0 Å². The molecule has 0 bridgehead atoms. The zero-order chi connectivity index (χ0) is 17.4. The van der Waals surface area contributed by atoms with Gasteiger partial charge in [0.1, 0.15) is 5.82 Å². The molecule has 2 rings (SSSR count). The Kier molecular flexibility index (Phi) is 20.2. The van der Waals surface area contributed by atoms with E-state index in [-0.39, 0.29) is 0 Å². The number of aromatic nitrogens is 2. The van der Waals surface area contributed by atoms with E-state index in [1.807, 2.05) is 47.7 Å². The number of nitrogens with zero attached hydrogens (tertiary/aromatic N) is 2. The van der Waals surface area contributed by atoms with Crippen LogP contribution < -0.4 is 0 Å². The molecular weight excluding hydrogens is 256 g/mol. The highest BCUT2D eigenvalue weighted by molar-refractivity contribution is 5.05. The summed E-state index contributed by atoms with van der Waals surface area (Å²) >= 11 is 0. The molecule has 1 heterocycles. The van der Waals surface area contributed by atoms with Crippen LogP contribution in [0, 0.1) is 6.92 Å². The minimum absolute atomic E-state index is 0.527. The van der Waals surface area contributed by atoms with Gasteiger partial charge < -0.3 is 4.57 Å². The van der Waals surface area contributed by atoms with E-state index < -0.39 is 0 Å². The molecule has 2 nitrogen and oxygen atoms in total. The lowest BCUT2D eigenvalue weighted by Gasteiger charge is -2.04. The highest BCUT2D eigenvalue weighted by atomic mass is 15.1. The normalized spacial score (nSPS) is 10.4. The van der Waals surface area contributed by atoms with E-state index in [0.717, 1.165) is 5.82 Å². The Labute approximate surface area is 134 Å². The maximum atomic E-state index is 4.28. The molecule has 0 aliphatic heterocycles. The molecule has 0 unspecified atom stereocenters. The van der Waals surface area contributed by atoms with Crippen molar-refractivity contribution in [3.8, 4) is 0 Å². The summed E-state index contributed by atoms with van der Waals surface area (Å²) in [7, 11) is 2.05. The molecule has 0 radical (unpaired) electrons. The second kappa shape index (κ2) is 17.0. The SMILES string of the molecule is C1CC1.C=C(C)C.CC.CC.Cc1cnc(C(C)C)n1C. The van der Waals surface area contributed by atoms with Gasteiger partial charge in [0.15, 0.2) is 0 Å². The van der Waals surface area contributed by atoms with Gasteiger partial charge in [-0.25, -0.2) is 4.98 Å². The van der Waals surface area contributed by atoms with E-state index in [4.69, 9.17) is 0 Å². The molecule has 0 aromatic carbocycles. The number of imidazole rings is 1. The minimum atomic E-state index is 0.527. The van der Waals surface area contributed by atoms with Crippen molar-refractivity contribution < 1.29 is 0 Å². The molecule has 0 saturated heterocycles. The third kappa shape index (κ3) is 18.9. The smallest absolute Gasteiger partial charge is 0.111 e. The van der Waals surface area contributed by atoms with E-state index in [1.54, 1.807) is 0 Å². The number of allylic oxidation sites excluding steroid dienone is 1. The Balaban J connectivity index is -0.000000244. The first-order chi connectivity index (χ1) is 9.86. The van der Waals surface area contributed by atoms with Crippen LogP contribution in [-0.4, -0.2) is 9.55 Å². The Hall–Kier alpha value is -1.05. The van der Waals surface area contributed by atoms with E-state index in [0.29, 0.717) is 5.92 Å². The number of aryl methyl sites for hydroxylation is 1. The van der Waals surface area contributed by atoms with E-state index >= 15 is 0 Å². The van der Waals surface area contributed by atoms with E-state index in [1.165, 1.54) is 30.5 Å². The molecule has 1 fully saturated rings. The van der Waals surface area contributed by atoms with Crippen LogP contribution in [0.2, 0.25) is 0 Å². The monoisotopic (exact) mass is 296 g/mol. The van der Waals surface area contributed by atoms with Crippen molar-refractivity contribution in [3.05, 3.63) is 29.9 Å². The van der Waals surface area contributed by atoms with Crippen molar-refractivity contribution in [2.75, 3.05) is 0 Å². The number of hydrogen-bond donors (Lipinski definition) is 0. The summed E-state index contributed by atoms with van der Waals surface area (Å²) in [6.45, 7) is 21.9. The molecule has 0 atom stereocenters. The van der Waals surface area contributed by atoms with Crippen molar-refractivity contribution in [1.82, 2.24) is 9.55 Å². The summed E-state index contributed by atoms with van der Waals surface area (Å²) in [5, 5.41) is 0. The van der Waals surface area contributed by atoms with Gasteiger partial charge >= 0.3 is 0 Å². The van der Waals surface area contributed by atoms with Crippen LogP contribution in [0.1, 0.15) is 92.1 Å². The minimum Gasteiger partial charge on any atom is -0.335 e. The van der Waals surface area contributed by atoms with Crippen molar-refractivity contribution in [2.24, 2.45) is 7.05 Å². The molecule has 1 aliphatic carbocycles. The average Bonchev–Trinajstić information content (AvgIpc) is 3.27. The summed E-state index contributed by atoms with van der Waals surface area (Å²) < 4.78 is 2.13. The summed E-state index contributed by atoms with van der Waals surface area (Å²) in [6, 6.07) is 0. The van der Waals surface area contributed by atoms with Crippen molar-refractivity contribution >= 4 is 0 Å². The summed E-state index contributed by atoms with van der Waals surface area (Å²) in [5.41, 5.74) is 2.39. The molecule has 126 valence electrons. The van der Waals surface area contributed by atoms with E-state index in [2.05, 4.69) is 43.9 Å². The first-order valence-electron chi connectivity index (χ1n) is 8.46. The first kappa shape index (κ1) is 24.9.